The third-order valence-corrected chi connectivity index (χ3v) is 5.61. The second kappa shape index (κ2) is 10.4. The molecular weight excluding hydrogens is 651 g/mol. The quantitative estimate of drug-likeness (QED) is 0.176. The van der Waals surface area contributed by atoms with E-state index >= 15 is 0 Å². The number of pyridine rings is 1. The number of para-hydroxylation sites is 2. The molecule has 183 valence electrons. The summed E-state index contributed by atoms with van der Waals surface area (Å²) in [7, 11) is 0. The maximum atomic E-state index is 13.7. The van der Waals surface area contributed by atoms with E-state index in [1.54, 1.807) is 30.5 Å². The Kier molecular flexibility index (Phi) is 6.91. The van der Waals surface area contributed by atoms with Crippen molar-refractivity contribution in [2.45, 2.75) is 0 Å². The van der Waals surface area contributed by atoms with Crippen molar-refractivity contribution in [2.75, 3.05) is 0 Å². The first-order valence-corrected chi connectivity index (χ1v) is 11.1. The molecule has 37 heavy (non-hydrogen) atoms. The maximum absolute atomic E-state index is 13.7. The minimum atomic E-state index is -0.312. The largest absolute Gasteiger partial charge is 0.481 e. The van der Waals surface area contributed by atoms with Crippen molar-refractivity contribution in [2.24, 2.45) is 0 Å². The van der Waals surface area contributed by atoms with E-state index in [0.717, 1.165) is 22.2 Å². The van der Waals surface area contributed by atoms with Gasteiger partial charge >= 0.3 is 0 Å². The normalized spacial score (nSPS) is 10.8. The van der Waals surface area contributed by atoms with Gasteiger partial charge < -0.3 is 13.8 Å². The van der Waals surface area contributed by atoms with E-state index in [0.29, 0.717) is 33.6 Å². The van der Waals surface area contributed by atoms with Crippen LogP contribution < -0.4 is 0 Å². The van der Waals surface area contributed by atoms with Crippen LogP contribution in [0.15, 0.2) is 106 Å². The number of oxazole rings is 1. The summed E-state index contributed by atoms with van der Waals surface area (Å²) in [5, 5.41) is 1.45. The molecule has 0 unspecified atom stereocenters. The predicted octanol–water partition coefficient (Wildman–Crippen LogP) is 8.02. The summed E-state index contributed by atoms with van der Waals surface area (Å²) >= 11 is 0. The number of halogens is 2. The molecular formula is C30H16F2IrN2O2-2. The van der Waals surface area contributed by atoms with Crippen LogP contribution >= 0.6 is 0 Å². The summed E-state index contributed by atoms with van der Waals surface area (Å²) in [5.74, 6) is -0.143. The number of hydrogen-bond donors (Lipinski definition) is 0. The van der Waals surface area contributed by atoms with Gasteiger partial charge in [0.2, 0.25) is 0 Å². The summed E-state index contributed by atoms with van der Waals surface area (Å²) in [6.45, 7) is 0. The molecule has 0 spiro atoms. The van der Waals surface area contributed by atoms with Gasteiger partial charge in [-0.3, -0.25) is 9.37 Å². The molecule has 0 aliphatic heterocycles. The third-order valence-electron chi connectivity index (χ3n) is 5.61. The minimum absolute atomic E-state index is 0. The third kappa shape index (κ3) is 4.92. The van der Waals surface area contributed by atoms with Gasteiger partial charge in [0.1, 0.15) is 22.9 Å². The molecule has 0 saturated carbocycles. The van der Waals surface area contributed by atoms with Crippen molar-refractivity contribution in [1.82, 2.24) is 9.97 Å². The average Bonchev–Trinajstić information content (AvgIpc) is 3.51. The molecule has 7 heteroatoms. The molecule has 4 nitrogen and oxygen atoms in total. The topological polar surface area (TPSA) is 52.1 Å². The second-order valence-corrected chi connectivity index (χ2v) is 7.96. The molecule has 0 saturated heterocycles. The molecule has 0 amide bonds. The standard InChI is InChI=1S/C19H9FNO2.C11H7FN.Ir/c20-11-8-9-15-13(10-11)18-12(4-3-7-17(18)22-15)19-21-14-5-1-2-6-16(14)23-19;12-10-6-4-9(5-7-10)11-3-1-2-8-13-11;/h1-3,5-10H;1-4,6-8H;/q2*-1;. The van der Waals surface area contributed by atoms with Crippen LogP contribution in [0, 0.1) is 23.8 Å². The SMILES string of the molecule is Fc1c[c-]c(-c2ccccn2)cc1.Fc1ccc2oc3cc[c-]c(-c4nc5ccccc5o4)c3c2c1.[Ir]. The van der Waals surface area contributed by atoms with E-state index in [1.807, 2.05) is 42.5 Å². The molecule has 3 aromatic heterocycles. The van der Waals surface area contributed by atoms with Gasteiger partial charge in [-0.2, -0.15) is 0 Å². The van der Waals surface area contributed by atoms with Crippen LogP contribution in [0.25, 0.3) is 55.7 Å². The van der Waals surface area contributed by atoms with Crippen LogP contribution in [-0.2, 0) is 20.1 Å². The summed E-state index contributed by atoms with van der Waals surface area (Å²) in [6, 6.07) is 31.5. The molecule has 0 aliphatic rings. The molecule has 1 radical (unpaired) electrons. The van der Waals surface area contributed by atoms with Gasteiger partial charge in [-0.1, -0.05) is 41.3 Å². The van der Waals surface area contributed by atoms with Crippen LogP contribution in [0.1, 0.15) is 0 Å². The van der Waals surface area contributed by atoms with E-state index in [1.165, 1.54) is 24.3 Å². The first kappa shape index (κ1) is 24.5. The van der Waals surface area contributed by atoms with Crippen molar-refractivity contribution in [3.8, 4) is 22.7 Å². The Balaban J connectivity index is 0.000000172. The Morgan fingerprint density at radius 1 is 0.730 bits per heavy atom. The molecule has 4 aromatic carbocycles. The van der Waals surface area contributed by atoms with Gasteiger partial charge in [0.05, 0.1) is 11.1 Å². The summed E-state index contributed by atoms with van der Waals surface area (Å²) in [5.41, 5.74) is 5.03. The molecule has 7 aromatic rings. The average molecular weight is 667 g/mol. The van der Waals surface area contributed by atoms with Crippen molar-refractivity contribution in [3.63, 3.8) is 0 Å². The molecule has 7 rings (SSSR count). The van der Waals surface area contributed by atoms with Crippen LogP contribution in [0.5, 0.6) is 0 Å². The summed E-state index contributed by atoms with van der Waals surface area (Å²) in [4.78, 5) is 8.63. The molecule has 0 N–H and O–H groups in total. The number of rotatable bonds is 2. The fourth-order valence-electron chi connectivity index (χ4n) is 3.97. The fraction of sp³-hybridized carbons (Fsp3) is 0. The van der Waals surface area contributed by atoms with E-state index < -0.39 is 0 Å². The van der Waals surface area contributed by atoms with Crippen LogP contribution in [0.4, 0.5) is 8.78 Å². The number of aromatic nitrogens is 2. The molecule has 0 fully saturated rings. The van der Waals surface area contributed by atoms with E-state index in [-0.39, 0.29) is 31.7 Å². The molecule has 0 atom stereocenters. The first-order chi connectivity index (χ1) is 17.7. The van der Waals surface area contributed by atoms with E-state index in [4.69, 9.17) is 8.83 Å². The smallest absolute Gasteiger partial charge is 0.142 e. The zero-order chi connectivity index (χ0) is 24.5. The molecule has 0 aliphatic carbocycles. The zero-order valence-electron chi connectivity index (χ0n) is 19.0. The van der Waals surface area contributed by atoms with Gasteiger partial charge in [-0.25, -0.2) is 4.39 Å². The van der Waals surface area contributed by atoms with E-state index in [9.17, 15) is 8.78 Å². The van der Waals surface area contributed by atoms with Crippen molar-refractivity contribution in [1.29, 1.82) is 0 Å². The van der Waals surface area contributed by atoms with Crippen molar-refractivity contribution >= 4 is 33.0 Å². The van der Waals surface area contributed by atoms with Crippen molar-refractivity contribution in [3.05, 3.63) is 121 Å². The summed E-state index contributed by atoms with van der Waals surface area (Å²) < 4.78 is 37.8. The molecule has 3 heterocycles. The molecule has 0 bridgehead atoms. The fourth-order valence-corrected chi connectivity index (χ4v) is 3.97. The zero-order valence-corrected chi connectivity index (χ0v) is 21.4. The van der Waals surface area contributed by atoms with Crippen LogP contribution in [0.3, 0.4) is 0 Å². The minimum Gasteiger partial charge on any atom is -0.481 e. The number of nitrogens with zero attached hydrogens (tertiary/aromatic N) is 2. The number of fused-ring (bicyclic) bond motifs is 4. The Morgan fingerprint density at radius 2 is 1.57 bits per heavy atom. The first-order valence-electron chi connectivity index (χ1n) is 11.1. The second-order valence-electron chi connectivity index (χ2n) is 7.96. The maximum Gasteiger partial charge on any atom is 0.142 e. The van der Waals surface area contributed by atoms with Gasteiger partial charge in [0, 0.05) is 32.1 Å². The van der Waals surface area contributed by atoms with Crippen LogP contribution in [-0.4, -0.2) is 9.97 Å². The Bertz CT molecular complexity index is 1780. The van der Waals surface area contributed by atoms with Gasteiger partial charge in [-0.05, 0) is 47.5 Å². The Hall–Kier alpha value is -4.19. The monoisotopic (exact) mass is 667 g/mol. The number of hydrogen-bond acceptors (Lipinski definition) is 4. The van der Waals surface area contributed by atoms with E-state index in [2.05, 4.69) is 22.1 Å². The Morgan fingerprint density at radius 3 is 2.35 bits per heavy atom. The number of benzene rings is 4. The van der Waals surface area contributed by atoms with Gasteiger partial charge in [0.15, 0.2) is 0 Å². The van der Waals surface area contributed by atoms with Crippen LogP contribution in [0.2, 0.25) is 0 Å². The van der Waals surface area contributed by atoms with Gasteiger partial charge in [-0.15, -0.1) is 42.0 Å². The Labute approximate surface area is 223 Å². The summed E-state index contributed by atoms with van der Waals surface area (Å²) in [6.07, 6.45) is 1.70. The number of furan rings is 1. The predicted molar refractivity (Wildman–Crippen MR) is 134 cm³/mol. The van der Waals surface area contributed by atoms with Crippen molar-refractivity contribution < 1.29 is 37.7 Å². The van der Waals surface area contributed by atoms with Gasteiger partial charge in [0.25, 0.3) is 0 Å².